The van der Waals surface area contributed by atoms with Crippen LogP contribution in [0.1, 0.15) is 30.7 Å². The van der Waals surface area contributed by atoms with Gasteiger partial charge < -0.3 is 20.1 Å². The lowest BCUT2D eigenvalue weighted by molar-refractivity contribution is -0.142. The highest BCUT2D eigenvalue weighted by Crippen LogP contribution is 2.31. The van der Waals surface area contributed by atoms with Crippen LogP contribution in [0.4, 0.5) is 5.82 Å². The minimum atomic E-state index is -0.738. The number of nitrogens with zero attached hydrogens (tertiary/aromatic N) is 3. The van der Waals surface area contributed by atoms with E-state index in [0.717, 1.165) is 29.9 Å². The molecule has 0 radical (unpaired) electrons. The molecule has 0 unspecified atom stereocenters. The first-order chi connectivity index (χ1) is 14.5. The average molecular weight is 412 g/mol. The van der Waals surface area contributed by atoms with Gasteiger partial charge in [-0.15, -0.1) is 0 Å². The number of nitrogens with one attached hydrogen (secondary N) is 2. The Labute approximate surface area is 176 Å². The number of allylic oxidation sites excluding steroid dienone is 5. The summed E-state index contributed by atoms with van der Waals surface area (Å²) in [6, 6.07) is 0. The van der Waals surface area contributed by atoms with E-state index in [1.54, 1.807) is 26.6 Å². The molecule has 160 valence electrons. The predicted molar refractivity (Wildman–Crippen MR) is 117 cm³/mol. The molecule has 1 aromatic rings. The summed E-state index contributed by atoms with van der Waals surface area (Å²) in [5, 5.41) is 20.9. The van der Waals surface area contributed by atoms with Crippen molar-refractivity contribution in [3.05, 3.63) is 47.6 Å². The zero-order valence-corrected chi connectivity index (χ0v) is 17.5. The molecule has 8 heteroatoms. The van der Waals surface area contributed by atoms with Crippen molar-refractivity contribution < 1.29 is 14.6 Å². The molecule has 3 rings (SSSR count). The molecule has 1 aliphatic heterocycles. The smallest absolute Gasteiger partial charge is 0.306 e. The third-order valence-corrected chi connectivity index (χ3v) is 5.38. The van der Waals surface area contributed by atoms with Gasteiger partial charge in [-0.1, -0.05) is 18.2 Å². The Morgan fingerprint density at radius 3 is 2.87 bits per heavy atom. The van der Waals surface area contributed by atoms with E-state index in [1.165, 1.54) is 0 Å². The highest BCUT2D eigenvalue weighted by Gasteiger charge is 2.28. The zero-order chi connectivity index (χ0) is 21.5. The summed E-state index contributed by atoms with van der Waals surface area (Å²) in [6.45, 7) is 1.87. The van der Waals surface area contributed by atoms with Crippen LogP contribution in [0.15, 0.2) is 36.2 Å². The van der Waals surface area contributed by atoms with Crippen LogP contribution in [0.5, 0.6) is 0 Å². The maximum Gasteiger partial charge on any atom is 0.306 e. The molecule has 3 N–H and O–H groups in total. The lowest BCUT2D eigenvalue weighted by Gasteiger charge is -2.32. The van der Waals surface area contributed by atoms with Crippen LogP contribution in [0, 0.1) is 11.3 Å². The molecular weight excluding hydrogens is 382 g/mol. The Kier molecular flexibility index (Phi) is 7.35. The molecule has 1 saturated heterocycles. The number of methoxy groups -OCH3 is 1. The molecule has 0 atom stereocenters. The largest absolute Gasteiger partial charge is 0.481 e. The van der Waals surface area contributed by atoms with Crippen molar-refractivity contribution in [2.24, 2.45) is 5.92 Å². The normalized spacial score (nSPS) is 18.6. The van der Waals surface area contributed by atoms with Gasteiger partial charge in [0, 0.05) is 57.4 Å². The zero-order valence-electron chi connectivity index (χ0n) is 17.5. The Hall–Kier alpha value is -3.00. The number of aliphatic carboxylic acids is 1. The summed E-state index contributed by atoms with van der Waals surface area (Å²) >= 11 is 0. The van der Waals surface area contributed by atoms with Crippen LogP contribution in [-0.4, -0.2) is 60.6 Å². The Morgan fingerprint density at radius 2 is 2.20 bits per heavy atom. The topological polar surface area (TPSA) is 111 Å². The second-order valence-corrected chi connectivity index (χ2v) is 7.43. The van der Waals surface area contributed by atoms with E-state index in [4.69, 9.17) is 20.1 Å². The fourth-order valence-corrected chi connectivity index (χ4v) is 3.72. The number of piperidine rings is 1. The number of carboxylic acid groups (broad SMARTS) is 1. The Bertz CT molecular complexity index is 883. The first-order valence-corrected chi connectivity index (χ1v) is 10.2. The molecule has 30 heavy (non-hydrogen) atoms. The van der Waals surface area contributed by atoms with Crippen LogP contribution in [0.3, 0.4) is 0 Å². The van der Waals surface area contributed by atoms with Gasteiger partial charge in [-0.25, -0.2) is 4.98 Å². The number of aryl methyl sites for hydroxylation is 1. The molecule has 2 heterocycles. The quantitative estimate of drug-likeness (QED) is 0.563. The number of ether oxygens (including phenoxy) is 1. The molecule has 1 fully saturated rings. The van der Waals surface area contributed by atoms with Gasteiger partial charge in [0.2, 0.25) is 0 Å². The van der Waals surface area contributed by atoms with E-state index in [-0.39, 0.29) is 5.92 Å². The maximum atomic E-state index is 11.3. The van der Waals surface area contributed by atoms with E-state index in [1.807, 2.05) is 18.2 Å². The van der Waals surface area contributed by atoms with Gasteiger partial charge in [-0.05, 0) is 25.7 Å². The van der Waals surface area contributed by atoms with Crippen molar-refractivity contribution in [3.8, 4) is 0 Å². The van der Waals surface area contributed by atoms with Gasteiger partial charge in [-0.3, -0.25) is 15.2 Å². The molecule has 0 saturated carbocycles. The molecule has 0 amide bonds. The first-order valence-electron chi connectivity index (χ1n) is 10.2. The van der Waals surface area contributed by atoms with E-state index >= 15 is 0 Å². The van der Waals surface area contributed by atoms with Crippen LogP contribution >= 0.6 is 0 Å². The number of aromatic nitrogens is 2. The summed E-state index contributed by atoms with van der Waals surface area (Å²) in [6.07, 6.45) is 12.0. The van der Waals surface area contributed by atoms with Gasteiger partial charge in [0.1, 0.15) is 5.69 Å². The lowest BCUT2D eigenvalue weighted by Crippen LogP contribution is -2.37. The van der Waals surface area contributed by atoms with E-state index in [9.17, 15) is 9.90 Å². The van der Waals surface area contributed by atoms with Crippen molar-refractivity contribution in [2.45, 2.75) is 25.7 Å². The van der Waals surface area contributed by atoms with Crippen LogP contribution in [0.25, 0.3) is 5.57 Å². The number of anilines is 1. The number of rotatable bonds is 8. The number of hydrogen-bond acceptors (Lipinski definition) is 7. The first kappa shape index (κ1) is 21.7. The fraction of sp³-hybridized carbons (Fsp3) is 0.455. The van der Waals surface area contributed by atoms with Gasteiger partial charge in [-0.2, -0.15) is 0 Å². The van der Waals surface area contributed by atoms with Gasteiger partial charge in [0.05, 0.1) is 17.3 Å². The maximum absolute atomic E-state index is 11.3. The third kappa shape index (κ3) is 4.94. The van der Waals surface area contributed by atoms with Crippen LogP contribution in [-0.2, 0) is 16.0 Å². The minimum Gasteiger partial charge on any atom is -0.481 e. The minimum absolute atomic E-state index is 0.317. The van der Waals surface area contributed by atoms with Crippen molar-refractivity contribution in [3.63, 3.8) is 0 Å². The van der Waals surface area contributed by atoms with Crippen molar-refractivity contribution in [1.29, 1.82) is 5.41 Å². The average Bonchev–Trinajstić information content (AvgIpc) is 2.76. The molecule has 0 bridgehead atoms. The second kappa shape index (κ2) is 10.2. The third-order valence-electron chi connectivity index (χ3n) is 5.38. The van der Waals surface area contributed by atoms with E-state index in [0.29, 0.717) is 49.5 Å². The summed E-state index contributed by atoms with van der Waals surface area (Å²) in [5.74, 6) is -0.329. The molecule has 2 aliphatic rings. The second-order valence-electron chi connectivity index (χ2n) is 7.43. The molecular formula is C22H29N5O3. The summed E-state index contributed by atoms with van der Waals surface area (Å²) < 4.78 is 5.14. The Morgan fingerprint density at radius 1 is 1.43 bits per heavy atom. The highest BCUT2D eigenvalue weighted by atomic mass is 16.5. The summed E-state index contributed by atoms with van der Waals surface area (Å²) in [7, 11) is 3.48. The van der Waals surface area contributed by atoms with Crippen molar-refractivity contribution in [1.82, 2.24) is 15.3 Å². The van der Waals surface area contributed by atoms with Crippen molar-refractivity contribution in [2.75, 3.05) is 38.8 Å². The number of hydrogen-bond donors (Lipinski definition) is 3. The van der Waals surface area contributed by atoms with Gasteiger partial charge in [0.25, 0.3) is 0 Å². The summed E-state index contributed by atoms with van der Waals surface area (Å²) in [5.41, 5.74) is 3.41. The van der Waals surface area contributed by atoms with Gasteiger partial charge >= 0.3 is 5.97 Å². The summed E-state index contributed by atoms with van der Waals surface area (Å²) in [4.78, 5) is 23.0. The van der Waals surface area contributed by atoms with E-state index < -0.39 is 5.97 Å². The fourth-order valence-electron chi connectivity index (χ4n) is 3.72. The molecule has 8 nitrogen and oxygen atoms in total. The van der Waals surface area contributed by atoms with Crippen molar-refractivity contribution >= 4 is 23.1 Å². The van der Waals surface area contributed by atoms with Gasteiger partial charge in [0.15, 0.2) is 5.82 Å². The molecule has 0 spiro atoms. The Balaban J connectivity index is 1.93. The number of carbonyl (C=O) groups is 1. The molecule has 0 aromatic carbocycles. The van der Waals surface area contributed by atoms with Crippen LogP contribution in [0.2, 0.25) is 0 Å². The standard InChI is InChI=1S/C22H29N5O3/c1-24-13-16-5-3-7-18(19(16)23)20-21(26-17(14-25-20)6-4-12-30-2)27-10-8-15(9-11-27)22(28)29/h3,5,7,13-15,23-24H,4,6,8-12H2,1-2H3,(H,28,29)/b16-13-,23-19?. The number of carboxylic acids is 1. The SMILES string of the molecule is CN/C=C1/C=CC=C(c2ncc(CCCOC)nc2N2CCC(C(=O)O)CC2)C1=N. The lowest BCUT2D eigenvalue weighted by atomic mass is 9.93. The molecule has 1 aromatic heterocycles. The monoisotopic (exact) mass is 411 g/mol. The predicted octanol–water partition coefficient (Wildman–Crippen LogP) is 2.43. The van der Waals surface area contributed by atoms with Crippen LogP contribution < -0.4 is 10.2 Å². The highest BCUT2D eigenvalue weighted by molar-refractivity contribution is 6.32. The molecule has 1 aliphatic carbocycles. The van der Waals surface area contributed by atoms with E-state index in [2.05, 4.69) is 10.2 Å².